The summed E-state index contributed by atoms with van der Waals surface area (Å²) in [5.74, 6) is -0.367. The SMILES string of the molecule is CC(C)(C)C=CCOC(=O)CN. The first-order chi connectivity index (χ1) is 5.45. The standard InChI is InChI=1S/C9H17NO2/c1-9(2,3)5-4-6-12-8(11)7-10/h4-5H,6-7,10H2,1-3H3. The number of allylic oxidation sites excluding steroid dienone is 1. The fraction of sp³-hybridized carbons (Fsp3) is 0.667. The van der Waals surface area contributed by atoms with Gasteiger partial charge in [0.25, 0.3) is 0 Å². The Labute approximate surface area is 73.6 Å². The highest BCUT2D eigenvalue weighted by atomic mass is 16.5. The normalized spacial score (nSPS) is 12.0. The number of ether oxygens (including phenoxy) is 1. The molecule has 0 aromatic rings. The van der Waals surface area contributed by atoms with Gasteiger partial charge in [0.05, 0.1) is 6.54 Å². The third-order valence-corrected chi connectivity index (χ3v) is 1.13. The largest absolute Gasteiger partial charge is 0.461 e. The molecular weight excluding hydrogens is 154 g/mol. The van der Waals surface area contributed by atoms with Crippen LogP contribution in [0, 0.1) is 5.41 Å². The van der Waals surface area contributed by atoms with E-state index < -0.39 is 0 Å². The van der Waals surface area contributed by atoms with Crippen molar-refractivity contribution in [3.8, 4) is 0 Å². The van der Waals surface area contributed by atoms with Crippen LogP contribution in [0.1, 0.15) is 20.8 Å². The molecule has 0 amide bonds. The fourth-order valence-electron chi connectivity index (χ4n) is 0.602. The van der Waals surface area contributed by atoms with Gasteiger partial charge in [0.2, 0.25) is 0 Å². The lowest BCUT2D eigenvalue weighted by atomic mass is 9.96. The Kier molecular flexibility index (Phi) is 4.59. The van der Waals surface area contributed by atoms with Crippen molar-refractivity contribution in [3.05, 3.63) is 12.2 Å². The molecule has 0 unspecified atom stereocenters. The summed E-state index contributed by atoms with van der Waals surface area (Å²) in [7, 11) is 0. The number of esters is 1. The summed E-state index contributed by atoms with van der Waals surface area (Å²) in [5.41, 5.74) is 5.18. The maximum absolute atomic E-state index is 10.6. The number of carbonyl (C=O) groups is 1. The van der Waals surface area contributed by atoms with Crippen LogP contribution < -0.4 is 5.73 Å². The molecule has 3 heteroatoms. The molecule has 0 aliphatic heterocycles. The van der Waals surface area contributed by atoms with Gasteiger partial charge in [0.1, 0.15) is 6.61 Å². The average molecular weight is 171 g/mol. The van der Waals surface area contributed by atoms with Gasteiger partial charge < -0.3 is 10.5 Å². The molecule has 0 radical (unpaired) electrons. The van der Waals surface area contributed by atoms with Gasteiger partial charge in [-0.2, -0.15) is 0 Å². The van der Waals surface area contributed by atoms with Crippen molar-refractivity contribution >= 4 is 5.97 Å². The van der Waals surface area contributed by atoms with E-state index in [9.17, 15) is 4.79 Å². The second-order valence-corrected chi connectivity index (χ2v) is 3.66. The van der Waals surface area contributed by atoms with Gasteiger partial charge in [0.15, 0.2) is 0 Å². The Balaban J connectivity index is 3.56. The number of hydrogen-bond donors (Lipinski definition) is 1. The molecule has 0 saturated carbocycles. The van der Waals surface area contributed by atoms with E-state index in [0.29, 0.717) is 6.61 Å². The molecule has 0 bridgehead atoms. The number of hydrogen-bond acceptors (Lipinski definition) is 3. The van der Waals surface area contributed by atoms with Crippen LogP contribution in [-0.4, -0.2) is 19.1 Å². The lowest BCUT2D eigenvalue weighted by molar-refractivity contribution is -0.140. The summed E-state index contributed by atoms with van der Waals surface area (Å²) in [6.45, 7) is 6.49. The first-order valence-electron chi connectivity index (χ1n) is 3.99. The van der Waals surface area contributed by atoms with Crippen LogP contribution in [-0.2, 0) is 9.53 Å². The summed E-state index contributed by atoms with van der Waals surface area (Å²) in [4.78, 5) is 10.6. The molecule has 0 rings (SSSR count). The highest BCUT2D eigenvalue weighted by Gasteiger charge is 2.03. The Morgan fingerprint density at radius 1 is 1.50 bits per heavy atom. The van der Waals surface area contributed by atoms with E-state index in [2.05, 4.69) is 20.8 Å². The van der Waals surface area contributed by atoms with Crippen molar-refractivity contribution < 1.29 is 9.53 Å². The Hall–Kier alpha value is -0.830. The molecule has 2 N–H and O–H groups in total. The quantitative estimate of drug-likeness (QED) is 0.511. The summed E-state index contributed by atoms with van der Waals surface area (Å²) >= 11 is 0. The topological polar surface area (TPSA) is 52.3 Å². The van der Waals surface area contributed by atoms with Crippen molar-refractivity contribution in [3.63, 3.8) is 0 Å². The van der Waals surface area contributed by atoms with Crippen molar-refractivity contribution in [2.75, 3.05) is 13.2 Å². The molecule has 70 valence electrons. The summed E-state index contributed by atoms with van der Waals surface area (Å²) < 4.78 is 4.74. The van der Waals surface area contributed by atoms with E-state index in [4.69, 9.17) is 10.5 Å². The maximum atomic E-state index is 10.6. The predicted octanol–water partition coefficient (Wildman–Crippen LogP) is 1.09. The highest BCUT2D eigenvalue weighted by Crippen LogP contribution is 2.13. The second-order valence-electron chi connectivity index (χ2n) is 3.66. The van der Waals surface area contributed by atoms with E-state index in [1.165, 1.54) is 0 Å². The molecule has 0 aromatic carbocycles. The minimum atomic E-state index is -0.367. The Morgan fingerprint density at radius 3 is 2.50 bits per heavy atom. The van der Waals surface area contributed by atoms with Crippen LogP contribution in [0.5, 0.6) is 0 Å². The van der Waals surface area contributed by atoms with Crippen LogP contribution in [0.15, 0.2) is 12.2 Å². The third-order valence-electron chi connectivity index (χ3n) is 1.13. The highest BCUT2D eigenvalue weighted by molar-refractivity contribution is 5.71. The first-order valence-corrected chi connectivity index (χ1v) is 3.99. The van der Waals surface area contributed by atoms with Crippen LogP contribution >= 0.6 is 0 Å². The fourth-order valence-corrected chi connectivity index (χ4v) is 0.602. The van der Waals surface area contributed by atoms with Crippen molar-refractivity contribution in [2.45, 2.75) is 20.8 Å². The molecular formula is C9H17NO2. The van der Waals surface area contributed by atoms with Crippen LogP contribution in [0.25, 0.3) is 0 Å². The van der Waals surface area contributed by atoms with Crippen molar-refractivity contribution in [1.82, 2.24) is 0 Å². The summed E-state index contributed by atoms with van der Waals surface area (Å²) in [6.07, 6.45) is 3.82. The Bertz CT molecular complexity index is 168. The molecule has 0 spiro atoms. The van der Waals surface area contributed by atoms with Gasteiger partial charge in [-0.1, -0.05) is 32.9 Å². The molecule has 12 heavy (non-hydrogen) atoms. The van der Waals surface area contributed by atoms with Gasteiger partial charge in [0, 0.05) is 0 Å². The van der Waals surface area contributed by atoms with E-state index in [1.807, 2.05) is 12.2 Å². The lowest BCUT2D eigenvalue weighted by Gasteiger charge is -2.10. The van der Waals surface area contributed by atoms with Gasteiger partial charge in [-0.05, 0) is 5.41 Å². The third kappa shape index (κ3) is 7.28. The second kappa shape index (κ2) is 4.93. The minimum Gasteiger partial charge on any atom is -0.461 e. The van der Waals surface area contributed by atoms with E-state index in [-0.39, 0.29) is 17.9 Å². The molecule has 0 heterocycles. The zero-order valence-corrected chi connectivity index (χ0v) is 7.96. The number of nitrogens with two attached hydrogens (primary N) is 1. The van der Waals surface area contributed by atoms with E-state index >= 15 is 0 Å². The molecule has 0 aliphatic rings. The van der Waals surface area contributed by atoms with Crippen LogP contribution in [0.3, 0.4) is 0 Å². The molecule has 3 nitrogen and oxygen atoms in total. The van der Waals surface area contributed by atoms with E-state index in [0.717, 1.165) is 0 Å². The van der Waals surface area contributed by atoms with Gasteiger partial charge in [-0.25, -0.2) is 0 Å². The van der Waals surface area contributed by atoms with Crippen molar-refractivity contribution in [1.29, 1.82) is 0 Å². The van der Waals surface area contributed by atoms with Gasteiger partial charge in [-0.15, -0.1) is 0 Å². The molecule has 0 aliphatic carbocycles. The average Bonchev–Trinajstić information content (AvgIpc) is 1.96. The number of rotatable bonds is 3. The van der Waals surface area contributed by atoms with Crippen LogP contribution in [0.2, 0.25) is 0 Å². The molecule has 0 aromatic heterocycles. The molecule has 0 atom stereocenters. The molecule has 0 fully saturated rings. The monoisotopic (exact) mass is 171 g/mol. The Morgan fingerprint density at radius 2 is 2.08 bits per heavy atom. The summed E-state index contributed by atoms with van der Waals surface area (Å²) in [5, 5.41) is 0. The maximum Gasteiger partial charge on any atom is 0.320 e. The first kappa shape index (κ1) is 11.2. The van der Waals surface area contributed by atoms with Gasteiger partial charge >= 0.3 is 5.97 Å². The number of carbonyl (C=O) groups excluding carboxylic acids is 1. The molecule has 0 saturated heterocycles. The minimum absolute atomic E-state index is 0.0522. The lowest BCUT2D eigenvalue weighted by Crippen LogP contribution is -2.16. The predicted molar refractivity (Wildman–Crippen MR) is 48.6 cm³/mol. The summed E-state index contributed by atoms with van der Waals surface area (Å²) in [6, 6.07) is 0. The zero-order chi connectivity index (χ0) is 9.61. The van der Waals surface area contributed by atoms with E-state index in [1.54, 1.807) is 0 Å². The zero-order valence-electron chi connectivity index (χ0n) is 7.96. The van der Waals surface area contributed by atoms with Gasteiger partial charge in [-0.3, -0.25) is 4.79 Å². The smallest absolute Gasteiger partial charge is 0.320 e. The van der Waals surface area contributed by atoms with Crippen LogP contribution in [0.4, 0.5) is 0 Å². The van der Waals surface area contributed by atoms with Crippen molar-refractivity contribution in [2.24, 2.45) is 11.1 Å².